The molecule has 0 saturated carbocycles. The number of nitrogens with one attached hydrogen (secondary N) is 1. The predicted molar refractivity (Wildman–Crippen MR) is 134 cm³/mol. The zero-order valence-electron chi connectivity index (χ0n) is 19.4. The summed E-state index contributed by atoms with van der Waals surface area (Å²) in [6, 6.07) is 6.10. The third-order valence-corrected chi connectivity index (χ3v) is 5.32. The maximum atomic E-state index is 5.89. The lowest BCUT2D eigenvalue weighted by Gasteiger charge is -2.22. The molecule has 0 bridgehead atoms. The quantitative estimate of drug-likeness (QED) is 0.328. The maximum absolute atomic E-state index is 5.89. The lowest BCUT2D eigenvalue weighted by atomic mass is 9.94. The minimum absolute atomic E-state index is 0. The van der Waals surface area contributed by atoms with E-state index in [0.29, 0.717) is 18.4 Å². The highest BCUT2D eigenvalue weighted by atomic mass is 127. The Bertz CT molecular complexity index is 854. The topological polar surface area (TPSA) is 72.1 Å². The number of guanidine groups is 1. The van der Waals surface area contributed by atoms with E-state index in [1.165, 1.54) is 5.56 Å². The number of likely N-dealkylation sites (tertiary alicyclic amines) is 1. The zero-order chi connectivity index (χ0) is 21.7. The molecule has 1 aliphatic heterocycles. The van der Waals surface area contributed by atoms with Gasteiger partial charge in [-0.1, -0.05) is 20.8 Å². The molecule has 0 amide bonds. The van der Waals surface area contributed by atoms with Gasteiger partial charge >= 0.3 is 0 Å². The number of oxazole rings is 1. The summed E-state index contributed by atoms with van der Waals surface area (Å²) in [6.07, 6.45) is 2.85. The van der Waals surface area contributed by atoms with Crippen molar-refractivity contribution in [2.24, 2.45) is 4.99 Å². The van der Waals surface area contributed by atoms with Crippen LogP contribution in [-0.2, 0) is 12.0 Å². The van der Waals surface area contributed by atoms with Crippen molar-refractivity contribution in [2.75, 3.05) is 33.9 Å². The van der Waals surface area contributed by atoms with E-state index in [1.54, 1.807) is 20.4 Å². The molecule has 1 atom stereocenters. The number of aromatic nitrogens is 1. The van der Waals surface area contributed by atoms with Crippen LogP contribution in [0.1, 0.15) is 57.2 Å². The van der Waals surface area contributed by atoms with Crippen molar-refractivity contribution in [1.82, 2.24) is 15.2 Å². The van der Waals surface area contributed by atoms with Crippen molar-refractivity contribution < 1.29 is 13.9 Å². The molecule has 1 fully saturated rings. The van der Waals surface area contributed by atoms with E-state index in [9.17, 15) is 0 Å². The number of aliphatic imine (C=N–C) groups is 1. The summed E-state index contributed by atoms with van der Waals surface area (Å²) in [4.78, 5) is 11.5. The fourth-order valence-corrected chi connectivity index (χ4v) is 3.59. The van der Waals surface area contributed by atoms with Crippen molar-refractivity contribution in [3.05, 3.63) is 41.6 Å². The minimum atomic E-state index is -0.0561. The first kappa shape index (κ1) is 25.3. The van der Waals surface area contributed by atoms with Crippen molar-refractivity contribution in [3.8, 4) is 11.5 Å². The SMILES string of the molecule is CCNC(=NCc1ncc(C(C)(C)C)o1)N1CCC(c2cc(OC)cc(OC)c2)C1.I. The molecule has 0 aliphatic carbocycles. The van der Waals surface area contributed by atoms with Crippen molar-refractivity contribution >= 4 is 29.9 Å². The smallest absolute Gasteiger partial charge is 0.216 e. The average molecular weight is 542 g/mol. The van der Waals surface area contributed by atoms with Crippen LogP contribution in [0.4, 0.5) is 0 Å². The lowest BCUT2D eigenvalue weighted by Crippen LogP contribution is -2.40. The normalized spacial score (nSPS) is 16.8. The molecule has 0 spiro atoms. The molecule has 3 rings (SSSR count). The highest BCUT2D eigenvalue weighted by molar-refractivity contribution is 14.0. The molecule has 2 heterocycles. The van der Waals surface area contributed by atoms with Gasteiger partial charge in [0.1, 0.15) is 23.8 Å². The number of hydrogen-bond acceptors (Lipinski definition) is 5. The van der Waals surface area contributed by atoms with Crippen LogP contribution in [-0.4, -0.2) is 49.7 Å². The van der Waals surface area contributed by atoms with Crippen LogP contribution in [0.3, 0.4) is 0 Å². The van der Waals surface area contributed by atoms with E-state index >= 15 is 0 Å². The molecule has 1 aromatic heterocycles. The number of hydrogen-bond donors (Lipinski definition) is 1. The summed E-state index contributed by atoms with van der Waals surface area (Å²) in [5, 5.41) is 3.41. The van der Waals surface area contributed by atoms with Crippen LogP contribution < -0.4 is 14.8 Å². The summed E-state index contributed by atoms with van der Waals surface area (Å²) in [6.45, 7) is 11.5. The van der Waals surface area contributed by atoms with Gasteiger partial charge in [0.25, 0.3) is 0 Å². The zero-order valence-corrected chi connectivity index (χ0v) is 21.7. The fraction of sp³-hybridized carbons (Fsp3) is 0.565. The Hall–Kier alpha value is -1.97. The Labute approximate surface area is 202 Å². The third-order valence-electron chi connectivity index (χ3n) is 5.32. The second kappa shape index (κ2) is 11.1. The van der Waals surface area contributed by atoms with Gasteiger partial charge < -0.3 is 24.1 Å². The lowest BCUT2D eigenvalue weighted by molar-refractivity contribution is 0.382. The monoisotopic (exact) mass is 542 g/mol. The Balaban J connectivity index is 0.00000341. The average Bonchev–Trinajstić information content (AvgIpc) is 3.40. The van der Waals surface area contributed by atoms with E-state index in [1.807, 2.05) is 6.07 Å². The van der Waals surface area contributed by atoms with Crippen LogP contribution in [0.5, 0.6) is 11.5 Å². The highest BCUT2D eigenvalue weighted by Crippen LogP contribution is 2.33. The standard InChI is InChI=1S/C23H34N4O3.HI/c1-7-24-22(26-14-21-25-13-20(30-21)23(2,3)4)27-9-8-16(15-27)17-10-18(28-5)12-19(11-17)29-6;/h10-13,16H,7-9,14-15H2,1-6H3,(H,24,26);1H. The molecular formula is C23H35IN4O3. The second-order valence-corrected chi connectivity index (χ2v) is 8.62. The third kappa shape index (κ3) is 6.51. The van der Waals surface area contributed by atoms with E-state index in [0.717, 1.165) is 49.3 Å². The molecule has 1 aliphatic rings. The number of halogens is 1. The van der Waals surface area contributed by atoms with Crippen LogP contribution in [0.15, 0.2) is 33.8 Å². The van der Waals surface area contributed by atoms with Gasteiger partial charge in [0.15, 0.2) is 5.96 Å². The van der Waals surface area contributed by atoms with Crippen molar-refractivity contribution in [2.45, 2.75) is 52.0 Å². The van der Waals surface area contributed by atoms with E-state index < -0.39 is 0 Å². The van der Waals surface area contributed by atoms with Crippen molar-refractivity contribution in [3.63, 3.8) is 0 Å². The number of nitrogens with zero attached hydrogens (tertiary/aromatic N) is 3. The predicted octanol–water partition coefficient (Wildman–Crippen LogP) is 4.56. The maximum Gasteiger partial charge on any atom is 0.216 e. The summed E-state index contributed by atoms with van der Waals surface area (Å²) in [5.41, 5.74) is 1.17. The van der Waals surface area contributed by atoms with Crippen LogP contribution >= 0.6 is 24.0 Å². The van der Waals surface area contributed by atoms with Gasteiger partial charge in [-0.25, -0.2) is 9.98 Å². The first-order valence-corrected chi connectivity index (χ1v) is 10.6. The van der Waals surface area contributed by atoms with Crippen molar-refractivity contribution in [1.29, 1.82) is 0 Å². The molecule has 1 aromatic carbocycles. The molecular weight excluding hydrogens is 507 g/mol. The molecule has 172 valence electrons. The Morgan fingerprint density at radius 3 is 2.45 bits per heavy atom. The summed E-state index contributed by atoms with van der Waals surface area (Å²) < 4.78 is 16.8. The molecule has 1 unspecified atom stereocenters. The molecule has 7 nitrogen and oxygen atoms in total. The fourth-order valence-electron chi connectivity index (χ4n) is 3.59. The number of rotatable bonds is 6. The van der Waals surface area contributed by atoms with E-state index in [-0.39, 0.29) is 29.4 Å². The van der Waals surface area contributed by atoms with Gasteiger partial charge in [-0.05, 0) is 31.0 Å². The molecule has 0 radical (unpaired) electrons. The Morgan fingerprint density at radius 1 is 1.23 bits per heavy atom. The second-order valence-electron chi connectivity index (χ2n) is 8.62. The molecule has 8 heteroatoms. The number of ether oxygens (including phenoxy) is 2. The van der Waals surface area contributed by atoms with Gasteiger partial charge in [-0.2, -0.15) is 0 Å². The van der Waals surface area contributed by atoms with Gasteiger partial charge in [-0.3, -0.25) is 0 Å². The van der Waals surface area contributed by atoms with Gasteiger partial charge in [0.05, 0.1) is 20.4 Å². The number of methoxy groups -OCH3 is 2. The first-order valence-electron chi connectivity index (χ1n) is 10.6. The number of benzene rings is 1. The van der Waals surface area contributed by atoms with Crippen LogP contribution in [0.25, 0.3) is 0 Å². The van der Waals surface area contributed by atoms with Gasteiger partial charge in [-0.15, -0.1) is 24.0 Å². The molecule has 1 saturated heterocycles. The summed E-state index contributed by atoms with van der Waals surface area (Å²) in [7, 11) is 3.37. The highest BCUT2D eigenvalue weighted by Gasteiger charge is 2.27. The Kier molecular flexibility index (Phi) is 9.02. The summed E-state index contributed by atoms with van der Waals surface area (Å²) in [5.74, 6) is 4.45. The van der Waals surface area contributed by atoms with Gasteiger partial charge in [0, 0.05) is 37.0 Å². The first-order chi connectivity index (χ1) is 14.3. The molecule has 2 aromatic rings. The molecule has 1 N–H and O–H groups in total. The van der Waals surface area contributed by atoms with Crippen LogP contribution in [0, 0.1) is 0 Å². The summed E-state index contributed by atoms with van der Waals surface area (Å²) >= 11 is 0. The van der Waals surface area contributed by atoms with Crippen LogP contribution in [0.2, 0.25) is 0 Å². The minimum Gasteiger partial charge on any atom is -0.497 e. The van der Waals surface area contributed by atoms with E-state index in [4.69, 9.17) is 18.9 Å². The Morgan fingerprint density at radius 2 is 1.90 bits per heavy atom. The molecule has 31 heavy (non-hydrogen) atoms. The largest absolute Gasteiger partial charge is 0.497 e. The van der Waals surface area contributed by atoms with E-state index in [2.05, 4.69) is 55.0 Å². The van der Waals surface area contributed by atoms with Gasteiger partial charge in [0.2, 0.25) is 5.89 Å².